The van der Waals surface area contributed by atoms with Crippen LogP contribution in [-0.2, 0) is 80.7 Å². The molecule has 8 rings (SSSR count). The van der Waals surface area contributed by atoms with Crippen LogP contribution in [0, 0.1) is 130 Å². The molecule has 0 aliphatic carbocycles. The van der Waals surface area contributed by atoms with Crippen LogP contribution in [0.4, 0.5) is 0 Å². The Kier molecular flexibility index (Phi) is 100. The first-order valence-corrected chi connectivity index (χ1v) is 47.1. The van der Waals surface area contributed by atoms with Crippen molar-refractivity contribution in [1.29, 1.82) is 0 Å². The van der Waals surface area contributed by atoms with Gasteiger partial charge in [-0.3, -0.25) is 0 Å². The van der Waals surface area contributed by atoms with Crippen molar-refractivity contribution in [3.05, 3.63) is 337 Å². The maximum absolute atomic E-state index is 4.42. The van der Waals surface area contributed by atoms with Crippen molar-refractivity contribution in [1.82, 2.24) is 0 Å². The second-order valence-corrected chi connectivity index (χ2v) is 31.5. The zero-order chi connectivity index (χ0) is 88.9. The molecular formula is C118H196B2Pt2. The van der Waals surface area contributed by atoms with Crippen LogP contribution in [-0.4, -0.2) is 16.8 Å². The van der Waals surface area contributed by atoms with E-state index in [1.165, 1.54) is 205 Å². The quantitative estimate of drug-likeness (QED) is 0.0271. The summed E-state index contributed by atoms with van der Waals surface area (Å²) < 4.78 is 0. The van der Waals surface area contributed by atoms with E-state index in [4.69, 9.17) is 0 Å². The number of aryl methyl sites for hydroxylation is 2. The minimum atomic E-state index is 0. The Balaban J connectivity index is -0.000000128. The molecule has 6 radical (unpaired) electrons. The molecule has 122 heavy (non-hydrogen) atoms. The summed E-state index contributed by atoms with van der Waals surface area (Å²) in [4.78, 5) is 0. The Labute approximate surface area is 802 Å². The third-order valence-corrected chi connectivity index (χ3v) is 21.1. The van der Waals surface area contributed by atoms with Crippen molar-refractivity contribution in [3.8, 4) is 0 Å². The fraction of sp³-hybridized carbons (Fsp3) is 0.525. The van der Waals surface area contributed by atoms with E-state index < -0.39 is 0 Å². The van der Waals surface area contributed by atoms with Gasteiger partial charge in [-0.25, -0.2) is 0 Å². The van der Waals surface area contributed by atoms with Gasteiger partial charge in [-0.15, -0.1) is 48.5 Å². The van der Waals surface area contributed by atoms with E-state index in [0.717, 1.165) is 84.5 Å². The van der Waals surface area contributed by atoms with Gasteiger partial charge in [-0.2, -0.15) is 119 Å². The maximum atomic E-state index is 4.42. The Morgan fingerprint density at radius 1 is 0.238 bits per heavy atom. The SMILES string of the molecule is C.C.CC.CC.CC.CC.CC.CC.CC.CC.CC(C)CCCC(C)CCCC(C)CCCC(C)C.Cc1ccccc1Cc1cccc(Cc2cccc(Cc3ccccc3C)c2C)c1C.[2HH].[2HH].[B].[B].[CH2-]C(C)CCCC([CH2-])CCCC([CH2-])CCCC([CH2-])C.[CH2-]c1ccccc1Cc1cccc(Cc2cccc(Cc3ccccc3[CH2-])c2[CH2-])c1[CH2-].[Pt+4].[Pt+4]. The molecule has 6 unspecified atom stereocenters. The van der Waals surface area contributed by atoms with Gasteiger partial charge in [0.15, 0.2) is 0 Å². The van der Waals surface area contributed by atoms with Gasteiger partial charge in [0.1, 0.15) is 0 Å². The molecule has 0 aromatic heterocycles. The Morgan fingerprint density at radius 2 is 0.426 bits per heavy atom. The smallest absolute Gasteiger partial charge is 0.341 e. The van der Waals surface area contributed by atoms with Crippen LogP contribution in [0.1, 0.15) is 411 Å². The normalized spacial score (nSPS) is 11.1. The molecule has 0 saturated carbocycles. The average molecular weight is 2030 g/mol. The Morgan fingerprint density at radius 3 is 0.672 bits per heavy atom. The van der Waals surface area contributed by atoms with Crippen LogP contribution >= 0.6 is 0 Å². The molecule has 6 atom stereocenters. The molecule has 0 fully saturated rings. The first kappa shape index (κ1) is 137. The molecule has 0 aliphatic heterocycles. The van der Waals surface area contributed by atoms with Gasteiger partial charge in [0.05, 0.1) is 0 Å². The fourth-order valence-corrected chi connectivity index (χ4v) is 13.9. The number of rotatable bonds is 36. The monoisotopic (exact) mass is 2030 g/mol. The second-order valence-electron chi connectivity index (χ2n) is 31.5. The summed E-state index contributed by atoms with van der Waals surface area (Å²) in [6.07, 6.45) is 29.9. The average Bonchev–Trinajstić information content (AvgIpc) is 0.825. The molecule has 0 spiro atoms. The van der Waals surface area contributed by atoms with Gasteiger partial charge < -0.3 is 27.7 Å². The molecular weight excluding hydrogens is 1830 g/mol. The number of hydrogen-bond donors (Lipinski definition) is 0. The molecule has 8 aromatic rings. The van der Waals surface area contributed by atoms with E-state index in [1.54, 1.807) is 0 Å². The standard InChI is InChI=1S/C31H32.C31H28.C19H40.C19H36.8C2H6.2CH4.2B.2Pt.2H2/c2*1-22-11-5-7-13-26(22)19-28-15-9-17-30(24(28)3)21-31-18-10-16-29(25(31)4)20-27-14-8-6-12-23(27)2;2*1-16(2)10-7-12-18(5)14-9-15-19(6)13-8-11-17(3)4;8*1-2;;;;;;;;/h5-18H,19-21H2,1-4H3;5-18H,1-4,19-21H2;16-19H,7-15H2,1-6H3;16-19H,1,3,5-15H2,2,4H3;8*1-2H3;2*1H4;;;;;2*1H/q;-4;;-4;;;;;;;;;;;;;2*+4;;/i;;;;;;;;;;;;;;;;;;2*1+1. The molecule has 0 heterocycles. The van der Waals surface area contributed by atoms with Crippen molar-refractivity contribution < 1.29 is 45.0 Å². The third-order valence-electron chi connectivity index (χ3n) is 21.1. The molecule has 694 valence electrons. The van der Waals surface area contributed by atoms with E-state index in [9.17, 15) is 0 Å². The molecule has 0 aliphatic rings. The zero-order valence-electron chi connectivity index (χ0n) is 83.2. The van der Waals surface area contributed by atoms with Gasteiger partial charge >= 0.3 is 42.1 Å². The van der Waals surface area contributed by atoms with Gasteiger partial charge in [0.25, 0.3) is 0 Å². The van der Waals surface area contributed by atoms with Crippen LogP contribution in [0.5, 0.6) is 0 Å². The largest absolute Gasteiger partial charge is 4.00 e. The first-order valence-electron chi connectivity index (χ1n) is 47.1. The van der Waals surface area contributed by atoms with Crippen LogP contribution in [0.2, 0.25) is 0 Å². The Hall–Kier alpha value is -5.25. The summed E-state index contributed by atoms with van der Waals surface area (Å²) in [6, 6.07) is 60.6. The summed E-state index contributed by atoms with van der Waals surface area (Å²) in [7, 11) is 0. The van der Waals surface area contributed by atoms with Crippen LogP contribution in [0.3, 0.4) is 0 Å². The molecule has 4 heteroatoms. The van der Waals surface area contributed by atoms with Crippen LogP contribution in [0.25, 0.3) is 0 Å². The van der Waals surface area contributed by atoms with Crippen molar-refractivity contribution >= 4 is 16.8 Å². The van der Waals surface area contributed by atoms with Gasteiger partial charge in [0, 0.05) is 19.7 Å². The summed E-state index contributed by atoms with van der Waals surface area (Å²) in [6.45, 7) is 93.4. The van der Waals surface area contributed by atoms with Crippen molar-refractivity contribution in [3.63, 3.8) is 0 Å². The number of hydrogen-bond acceptors (Lipinski definition) is 0. The summed E-state index contributed by atoms with van der Waals surface area (Å²) >= 11 is 0. The van der Waals surface area contributed by atoms with Gasteiger partial charge in [-0.1, -0.05) is 425 Å². The van der Waals surface area contributed by atoms with E-state index >= 15 is 0 Å². The predicted molar refractivity (Wildman–Crippen MR) is 563 cm³/mol. The van der Waals surface area contributed by atoms with E-state index in [-0.39, 0.29) is 76.7 Å². The van der Waals surface area contributed by atoms with Crippen molar-refractivity contribution in [2.75, 3.05) is 0 Å². The molecule has 0 saturated heterocycles. The van der Waals surface area contributed by atoms with Crippen molar-refractivity contribution in [2.45, 2.75) is 363 Å². The Bertz CT molecular complexity index is 3120. The molecule has 0 N–H and O–H groups in total. The minimum Gasteiger partial charge on any atom is -0.341 e. The second kappa shape index (κ2) is 89.2. The van der Waals surface area contributed by atoms with Gasteiger partial charge in [-0.05, 0) is 126 Å². The van der Waals surface area contributed by atoms with E-state index in [0.29, 0.717) is 23.7 Å². The zero-order valence-corrected chi connectivity index (χ0v) is 87.7. The molecule has 0 nitrogen and oxygen atoms in total. The van der Waals surface area contributed by atoms with Crippen LogP contribution in [0.15, 0.2) is 170 Å². The topological polar surface area (TPSA) is 0 Å². The predicted octanol–water partition coefficient (Wildman–Crippen LogP) is 37.5. The molecule has 0 bridgehead atoms. The summed E-state index contributed by atoms with van der Waals surface area (Å²) in [5.74, 6) is 6.10. The molecule has 8 aromatic carbocycles. The summed E-state index contributed by atoms with van der Waals surface area (Å²) in [5, 5.41) is 0. The van der Waals surface area contributed by atoms with Gasteiger partial charge in [0.2, 0.25) is 0 Å². The maximum Gasteiger partial charge on any atom is 4.00 e. The first-order chi connectivity index (χ1) is 55.9. The van der Waals surface area contributed by atoms with E-state index in [1.807, 2.05) is 123 Å². The van der Waals surface area contributed by atoms with Crippen molar-refractivity contribution in [2.24, 2.45) is 47.3 Å². The minimum absolute atomic E-state index is 0. The fourth-order valence-electron chi connectivity index (χ4n) is 13.9. The van der Waals surface area contributed by atoms with E-state index in [2.05, 4.69) is 296 Å². The molecule has 0 amide bonds. The summed E-state index contributed by atoms with van der Waals surface area (Å²) in [5.41, 5.74) is 26.0. The van der Waals surface area contributed by atoms with Crippen LogP contribution < -0.4 is 0 Å². The third kappa shape index (κ3) is 62.0. The number of benzene rings is 8.